The fourth-order valence-electron chi connectivity index (χ4n) is 4.43. The summed E-state index contributed by atoms with van der Waals surface area (Å²) in [5.41, 5.74) is 13.7. The molecule has 6 rings (SSSR count). The largest absolute Gasteiger partial charge is 0.366 e. The lowest BCUT2D eigenvalue weighted by molar-refractivity contribution is 0.712. The van der Waals surface area contributed by atoms with Gasteiger partial charge in [-0.1, -0.05) is 48.5 Å². The molecule has 0 spiro atoms. The molecular formula is C27H24N8. The summed E-state index contributed by atoms with van der Waals surface area (Å²) in [6.07, 6.45) is 3.74. The molecule has 8 nitrogen and oxygen atoms in total. The highest BCUT2D eigenvalue weighted by molar-refractivity contribution is 5.84. The average Bonchev–Trinajstić information content (AvgIpc) is 3.41. The number of hydrogen-bond acceptors (Lipinski definition) is 6. The first kappa shape index (κ1) is 20.9. The number of nitrogens with one attached hydrogen (secondary N) is 1. The van der Waals surface area contributed by atoms with E-state index in [1.165, 1.54) is 5.56 Å². The van der Waals surface area contributed by atoms with Gasteiger partial charge in [-0.25, -0.2) is 9.50 Å². The highest BCUT2D eigenvalue weighted by Gasteiger charge is 2.14. The van der Waals surface area contributed by atoms with Crippen molar-refractivity contribution < 1.29 is 0 Å². The van der Waals surface area contributed by atoms with E-state index in [-0.39, 0.29) is 5.95 Å². The maximum absolute atomic E-state index is 5.93. The predicted molar refractivity (Wildman–Crippen MR) is 139 cm³/mol. The van der Waals surface area contributed by atoms with Crippen LogP contribution in [0.4, 0.5) is 17.5 Å². The minimum absolute atomic E-state index is 0.198. The van der Waals surface area contributed by atoms with Crippen LogP contribution in [0, 0.1) is 13.8 Å². The van der Waals surface area contributed by atoms with Gasteiger partial charge in [0.15, 0.2) is 5.82 Å². The van der Waals surface area contributed by atoms with Crippen molar-refractivity contribution in [2.75, 3.05) is 11.1 Å². The molecule has 6 aromatic rings. The molecule has 3 aromatic heterocycles. The zero-order chi connectivity index (χ0) is 23.9. The number of nitrogen functional groups attached to an aromatic ring is 1. The topological polar surface area (TPSA) is 99.0 Å². The van der Waals surface area contributed by atoms with E-state index in [4.69, 9.17) is 10.7 Å². The first-order valence-corrected chi connectivity index (χ1v) is 11.4. The molecule has 0 saturated heterocycles. The SMILES string of the molecule is Cc1cc(C)cc(Nc2nc(-c3ccc4cnn(Cc5ccccc5)c4c3)cn3nc(N)nc23)c1. The van der Waals surface area contributed by atoms with Crippen LogP contribution in [0.1, 0.15) is 16.7 Å². The number of aromatic nitrogens is 6. The van der Waals surface area contributed by atoms with Gasteiger partial charge < -0.3 is 11.1 Å². The Hall–Kier alpha value is -4.72. The van der Waals surface area contributed by atoms with Crippen molar-refractivity contribution in [3.8, 4) is 11.3 Å². The third-order valence-electron chi connectivity index (χ3n) is 5.94. The molecule has 3 aromatic carbocycles. The predicted octanol–water partition coefficient (Wildman–Crippen LogP) is 5.13. The Morgan fingerprint density at radius 2 is 1.71 bits per heavy atom. The molecule has 172 valence electrons. The van der Waals surface area contributed by atoms with Crippen molar-refractivity contribution in [3.05, 3.63) is 95.8 Å². The molecular weight excluding hydrogens is 436 g/mol. The van der Waals surface area contributed by atoms with E-state index >= 15 is 0 Å². The van der Waals surface area contributed by atoms with Gasteiger partial charge in [0.2, 0.25) is 11.6 Å². The van der Waals surface area contributed by atoms with E-state index in [1.807, 2.05) is 41.3 Å². The number of anilines is 3. The number of fused-ring (bicyclic) bond motifs is 2. The Labute approximate surface area is 202 Å². The van der Waals surface area contributed by atoms with Crippen LogP contribution in [0.25, 0.3) is 27.8 Å². The Balaban J connectivity index is 1.44. The monoisotopic (exact) mass is 460 g/mol. The molecule has 0 atom stereocenters. The maximum Gasteiger partial charge on any atom is 0.240 e. The van der Waals surface area contributed by atoms with Crippen LogP contribution >= 0.6 is 0 Å². The minimum Gasteiger partial charge on any atom is -0.366 e. The third-order valence-corrected chi connectivity index (χ3v) is 5.94. The molecule has 0 saturated carbocycles. The van der Waals surface area contributed by atoms with Crippen molar-refractivity contribution >= 4 is 34.0 Å². The number of nitrogens with two attached hydrogens (primary N) is 1. The molecule has 3 N–H and O–H groups in total. The van der Waals surface area contributed by atoms with Crippen molar-refractivity contribution in [1.29, 1.82) is 0 Å². The van der Waals surface area contributed by atoms with Crippen LogP contribution < -0.4 is 11.1 Å². The van der Waals surface area contributed by atoms with Gasteiger partial charge in [-0.15, -0.1) is 5.10 Å². The summed E-state index contributed by atoms with van der Waals surface area (Å²) in [6, 6.07) is 22.8. The van der Waals surface area contributed by atoms with E-state index < -0.39 is 0 Å². The number of hydrogen-bond donors (Lipinski definition) is 2. The van der Waals surface area contributed by atoms with Crippen molar-refractivity contribution in [1.82, 2.24) is 29.4 Å². The highest BCUT2D eigenvalue weighted by Crippen LogP contribution is 2.28. The van der Waals surface area contributed by atoms with Gasteiger partial charge in [0.05, 0.1) is 30.1 Å². The first-order chi connectivity index (χ1) is 17.0. The second-order valence-corrected chi connectivity index (χ2v) is 8.78. The molecule has 0 aliphatic heterocycles. The van der Waals surface area contributed by atoms with Gasteiger partial charge in [0.25, 0.3) is 0 Å². The maximum atomic E-state index is 5.93. The molecule has 0 fully saturated rings. The molecule has 0 radical (unpaired) electrons. The zero-order valence-electron chi connectivity index (χ0n) is 19.5. The van der Waals surface area contributed by atoms with E-state index in [1.54, 1.807) is 4.52 Å². The van der Waals surface area contributed by atoms with E-state index in [9.17, 15) is 0 Å². The summed E-state index contributed by atoms with van der Waals surface area (Å²) >= 11 is 0. The summed E-state index contributed by atoms with van der Waals surface area (Å²) in [5, 5.41) is 13.5. The Bertz CT molecular complexity index is 1660. The van der Waals surface area contributed by atoms with Gasteiger partial charge in [-0.3, -0.25) is 4.68 Å². The molecule has 0 bridgehead atoms. The number of nitrogens with zero attached hydrogens (tertiary/aromatic N) is 6. The molecule has 8 heteroatoms. The fraction of sp³-hybridized carbons (Fsp3) is 0.111. The Morgan fingerprint density at radius 3 is 2.51 bits per heavy atom. The van der Waals surface area contributed by atoms with Gasteiger partial charge in [-0.2, -0.15) is 10.1 Å². The second-order valence-electron chi connectivity index (χ2n) is 8.78. The second kappa shape index (κ2) is 8.25. The number of aryl methyl sites for hydroxylation is 2. The van der Waals surface area contributed by atoms with Crippen LogP contribution in [0.2, 0.25) is 0 Å². The van der Waals surface area contributed by atoms with Gasteiger partial charge in [-0.05, 0) is 48.7 Å². The summed E-state index contributed by atoms with van der Waals surface area (Å²) in [6.45, 7) is 4.83. The zero-order valence-corrected chi connectivity index (χ0v) is 19.5. The van der Waals surface area contributed by atoms with Crippen LogP contribution in [-0.4, -0.2) is 29.4 Å². The summed E-state index contributed by atoms with van der Waals surface area (Å²) in [5.74, 6) is 0.790. The first-order valence-electron chi connectivity index (χ1n) is 11.4. The Morgan fingerprint density at radius 1 is 0.914 bits per heavy atom. The molecule has 0 unspecified atom stereocenters. The quantitative estimate of drug-likeness (QED) is 0.370. The number of rotatable bonds is 5. The van der Waals surface area contributed by atoms with Crippen LogP contribution in [0.15, 0.2) is 79.1 Å². The van der Waals surface area contributed by atoms with Crippen LogP contribution in [0.3, 0.4) is 0 Å². The lowest BCUT2D eigenvalue weighted by Crippen LogP contribution is -2.03. The highest BCUT2D eigenvalue weighted by atomic mass is 15.3. The smallest absolute Gasteiger partial charge is 0.240 e. The molecule has 0 aliphatic rings. The normalized spacial score (nSPS) is 11.4. The summed E-state index contributed by atoms with van der Waals surface area (Å²) in [4.78, 5) is 9.31. The summed E-state index contributed by atoms with van der Waals surface area (Å²) < 4.78 is 3.68. The fourth-order valence-corrected chi connectivity index (χ4v) is 4.43. The van der Waals surface area contributed by atoms with Crippen LogP contribution in [-0.2, 0) is 6.54 Å². The molecule has 3 heterocycles. The molecule has 35 heavy (non-hydrogen) atoms. The van der Waals surface area contributed by atoms with Gasteiger partial charge in [0, 0.05) is 16.6 Å². The van der Waals surface area contributed by atoms with E-state index in [0.29, 0.717) is 18.0 Å². The third kappa shape index (κ3) is 4.06. The molecule has 0 amide bonds. The van der Waals surface area contributed by atoms with E-state index in [2.05, 4.69) is 76.8 Å². The van der Waals surface area contributed by atoms with E-state index in [0.717, 1.165) is 39.0 Å². The molecule has 0 aliphatic carbocycles. The van der Waals surface area contributed by atoms with Gasteiger partial charge in [0.1, 0.15) is 0 Å². The lowest BCUT2D eigenvalue weighted by Gasteiger charge is -2.11. The van der Waals surface area contributed by atoms with Crippen molar-refractivity contribution in [2.45, 2.75) is 20.4 Å². The lowest BCUT2D eigenvalue weighted by atomic mass is 10.1. The standard InChI is InChI=1S/C27H24N8/c1-17-10-18(2)12-22(11-17)30-25-26-32-27(28)33-35(26)16-23(31-25)20-8-9-21-14-29-34(24(21)13-20)15-19-6-4-3-5-7-19/h3-14,16H,15H2,1-2H3,(H2,28,33)(H,30,31). The van der Waals surface area contributed by atoms with Gasteiger partial charge >= 0.3 is 0 Å². The van der Waals surface area contributed by atoms with Crippen LogP contribution in [0.5, 0.6) is 0 Å². The Kier molecular flexibility index (Phi) is 4.92. The summed E-state index contributed by atoms with van der Waals surface area (Å²) in [7, 11) is 0. The van der Waals surface area contributed by atoms with Crippen molar-refractivity contribution in [3.63, 3.8) is 0 Å². The average molecular weight is 461 g/mol. The number of benzene rings is 3. The minimum atomic E-state index is 0.198. The van der Waals surface area contributed by atoms with Crippen molar-refractivity contribution in [2.24, 2.45) is 0 Å².